The molecule has 0 radical (unpaired) electrons. The normalized spacial score (nSPS) is 19.4. The first-order valence-electron chi connectivity index (χ1n) is 5.16. The number of rotatable bonds is 3. The van der Waals surface area contributed by atoms with E-state index in [0.29, 0.717) is 24.3 Å². The highest BCUT2D eigenvalue weighted by Gasteiger charge is 2.30. The highest BCUT2D eigenvalue weighted by atomic mass is 16.6. The maximum atomic E-state index is 11.1. The highest BCUT2D eigenvalue weighted by molar-refractivity contribution is 5.72. The van der Waals surface area contributed by atoms with Crippen LogP contribution in [0.1, 0.15) is 24.5 Å². The minimum Gasteiger partial charge on any atom is -0.496 e. The molecule has 0 saturated carbocycles. The van der Waals surface area contributed by atoms with Crippen molar-refractivity contribution in [1.82, 2.24) is 0 Å². The number of benzene rings is 1. The molecule has 1 aromatic rings. The maximum Gasteiger partial charge on any atom is 0.306 e. The lowest BCUT2D eigenvalue weighted by Crippen LogP contribution is -2.03. The molecule has 86 valence electrons. The van der Waals surface area contributed by atoms with Crippen LogP contribution in [0, 0.1) is 0 Å². The summed E-state index contributed by atoms with van der Waals surface area (Å²) in [6.45, 7) is 0. The summed E-state index contributed by atoms with van der Waals surface area (Å²) < 4.78 is 15.8. The van der Waals surface area contributed by atoms with E-state index in [0.717, 1.165) is 5.56 Å². The van der Waals surface area contributed by atoms with Crippen LogP contribution in [0.25, 0.3) is 0 Å². The van der Waals surface area contributed by atoms with Crippen molar-refractivity contribution in [1.29, 1.82) is 0 Å². The molecule has 16 heavy (non-hydrogen) atoms. The minimum atomic E-state index is -0.251. The molecule has 0 spiro atoms. The zero-order valence-electron chi connectivity index (χ0n) is 9.36. The van der Waals surface area contributed by atoms with Crippen LogP contribution in [-0.4, -0.2) is 20.2 Å². The van der Waals surface area contributed by atoms with Crippen LogP contribution in [0.15, 0.2) is 18.2 Å². The molecule has 1 aliphatic heterocycles. The number of carbonyl (C=O) groups is 1. The second kappa shape index (κ2) is 4.43. The van der Waals surface area contributed by atoms with Crippen LogP contribution in [0.2, 0.25) is 0 Å². The smallest absolute Gasteiger partial charge is 0.306 e. The molecule has 1 unspecified atom stereocenters. The molecule has 1 heterocycles. The fourth-order valence-electron chi connectivity index (χ4n) is 1.93. The van der Waals surface area contributed by atoms with Gasteiger partial charge in [0.05, 0.1) is 19.8 Å². The van der Waals surface area contributed by atoms with Gasteiger partial charge < -0.3 is 14.2 Å². The van der Waals surface area contributed by atoms with E-state index in [9.17, 15) is 4.79 Å². The van der Waals surface area contributed by atoms with Crippen LogP contribution >= 0.6 is 0 Å². The first-order chi connectivity index (χ1) is 7.76. The molecule has 1 aromatic carbocycles. The second-order valence-corrected chi connectivity index (χ2v) is 3.59. The summed E-state index contributed by atoms with van der Waals surface area (Å²) in [5, 5.41) is 0. The van der Waals surface area contributed by atoms with Crippen LogP contribution in [0.3, 0.4) is 0 Å². The molecule has 4 heteroatoms. The first kappa shape index (κ1) is 10.8. The van der Waals surface area contributed by atoms with Crippen molar-refractivity contribution in [3.05, 3.63) is 23.8 Å². The van der Waals surface area contributed by atoms with Gasteiger partial charge in [-0.05, 0) is 18.6 Å². The molecule has 1 aliphatic rings. The average molecular weight is 222 g/mol. The molecular formula is C12H14O4. The lowest BCUT2D eigenvalue weighted by Gasteiger charge is -2.17. The van der Waals surface area contributed by atoms with E-state index in [-0.39, 0.29) is 12.1 Å². The van der Waals surface area contributed by atoms with Crippen molar-refractivity contribution in [3.8, 4) is 11.5 Å². The van der Waals surface area contributed by atoms with Crippen molar-refractivity contribution in [2.45, 2.75) is 18.9 Å². The van der Waals surface area contributed by atoms with Crippen molar-refractivity contribution in [3.63, 3.8) is 0 Å². The molecule has 0 aromatic heterocycles. The number of hydrogen-bond donors (Lipinski definition) is 0. The van der Waals surface area contributed by atoms with Gasteiger partial charge in [0.1, 0.15) is 17.6 Å². The highest BCUT2D eigenvalue weighted by Crippen LogP contribution is 2.40. The van der Waals surface area contributed by atoms with Gasteiger partial charge in [-0.3, -0.25) is 4.79 Å². The standard InChI is InChI=1S/C12H14O4/c1-14-8-4-3-5-9(15-2)12(8)10-6-7-11(13)16-10/h3-5,10H,6-7H2,1-2H3. The number of hydrogen-bond acceptors (Lipinski definition) is 4. The van der Waals surface area contributed by atoms with Crippen LogP contribution in [0.5, 0.6) is 11.5 Å². The Labute approximate surface area is 94.1 Å². The number of methoxy groups -OCH3 is 2. The number of carbonyl (C=O) groups excluding carboxylic acids is 1. The molecule has 0 N–H and O–H groups in total. The molecule has 2 rings (SSSR count). The van der Waals surface area contributed by atoms with Crippen LogP contribution < -0.4 is 9.47 Å². The van der Waals surface area contributed by atoms with Gasteiger partial charge in [0, 0.05) is 6.42 Å². The van der Waals surface area contributed by atoms with Gasteiger partial charge in [0.25, 0.3) is 0 Å². The van der Waals surface area contributed by atoms with E-state index in [4.69, 9.17) is 14.2 Å². The Morgan fingerprint density at radius 1 is 1.25 bits per heavy atom. The number of ether oxygens (including phenoxy) is 3. The largest absolute Gasteiger partial charge is 0.496 e. The second-order valence-electron chi connectivity index (χ2n) is 3.59. The number of cyclic esters (lactones) is 1. The molecule has 0 amide bonds. The van der Waals surface area contributed by atoms with Crippen LogP contribution in [0.4, 0.5) is 0 Å². The SMILES string of the molecule is COc1cccc(OC)c1C1CCC(=O)O1. The Balaban J connectivity index is 2.40. The van der Waals surface area contributed by atoms with Crippen molar-refractivity contribution in [2.75, 3.05) is 14.2 Å². The summed E-state index contributed by atoms with van der Waals surface area (Å²) >= 11 is 0. The van der Waals surface area contributed by atoms with Gasteiger partial charge in [0.2, 0.25) is 0 Å². The Hall–Kier alpha value is -1.71. The van der Waals surface area contributed by atoms with E-state index in [2.05, 4.69) is 0 Å². The first-order valence-corrected chi connectivity index (χ1v) is 5.16. The lowest BCUT2D eigenvalue weighted by molar-refractivity contribution is -0.141. The average Bonchev–Trinajstić information content (AvgIpc) is 2.74. The molecule has 0 bridgehead atoms. The molecular weight excluding hydrogens is 208 g/mol. The van der Waals surface area contributed by atoms with Crippen molar-refractivity contribution in [2.24, 2.45) is 0 Å². The molecule has 0 aliphatic carbocycles. The minimum absolute atomic E-state index is 0.169. The summed E-state index contributed by atoms with van der Waals surface area (Å²) in [6, 6.07) is 5.52. The molecule has 1 atom stereocenters. The van der Waals surface area contributed by atoms with Gasteiger partial charge >= 0.3 is 5.97 Å². The predicted molar refractivity (Wildman–Crippen MR) is 57.6 cm³/mol. The van der Waals surface area contributed by atoms with Crippen LogP contribution in [-0.2, 0) is 9.53 Å². The lowest BCUT2D eigenvalue weighted by atomic mass is 10.0. The third kappa shape index (κ3) is 1.83. The Kier molecular flexibility index (Phi) is 2.99. The zero-order valence-corrected chi connectivity index (χ0v) is 9.36. The van der Waals surface area contributed by atoms with Crippen molar-refractivity contribution >= 4 is 5.97 Å². The van der Waals surface area contributed by atoms with Gasteiger partial charge in [-0.2, -0.15) is 0 Å². The van der Waals surface area contributed by atoms with E-state index >= 15 is 0 Å². The molecule has 4 nitrogen and oxygen atoms in total. The molecule has 1 fully saturated rings. The fraction of sp³-hybridized carbons (Fsp3) is 0.417. The van der Waals surface area contributed by atoms with Gasteiger partial charge in [0.15, 0.2) is 0 Å². The summed E-state index contributed by atoms with van der Waals surface area (Å²) in [4.78, 5) is 11.1. The summed E-state index contributed by atoms with van der Waals surface area (Å²) in [5.41, 5.74) is 0.818. The van der Waals surface area contributed by atoms with Gasteiger partial charge in [-0.15, -0.1) is 0 Å². The third-order valence-corrected chi connectivity index (χ3v) is 2.67. The van der Waals surface area contributed by atoms with E-state index < -0.39 is 0 Å². The monoisotopic (exact) mass is 222 g/mol. The van der Waals surface area contributed by atoms with Gasteiger partial charge in [-0.1, -0.05) is 6.07 Å². The summed E-state index contributed by atoms with van der Waals surface area (Å²) in [6.07, 6.45) is 0.875. The Morgan fingerprint density at radius 3 is 2.31 bits per heavy atom. The topological polar surface area (TPSA) is 44.8 Å². The van der Waals surface area contributed by atoms with Crippen molar-refractivity contribution < 1.29 is 19.0 Å². The quantitative estimate of drug-likeness (QED) is 0.734. The van der Waals surface area contributed by atoms with E-state index in [1.54, 1.807) is 14.2 Å². The van der Waals surface area contributed by atoms with E-state index in [1.165, 1.54) is 0 Å². The third-order valence-electron chi connectivity index (χ3n) is 2.67. The van der Waals surface area contributed by atoms with Gasteiger partial charge in [-0.25, -0.2) is 0 Å². The number of esters is 1. The fourth-order valence-corrected chi connectivity index (χ4v) is 1.93. The van der Waals surface area contributed by atoms with E-state index in [1.807, 2.05) is 18.2 Å². The Bertz CT molecular complexity index is 378. The maximum absolute atomic E-state index is 11.1. The summed E-state index contributed by atoms with van der Waals surface area (Å²) in [5.74, 6) is 1.22. The Morgan fingerprint density at radius 2 is 1.88 bits per heavy atom. The predicted octanol–water partition coefficient (Wildman–Crippen LogP) is 2.08. The summed E-state index contributed by atoms with van der Waals surface area (Å²) in [7, 11) is 3.18. The molecule has 1 saturated heterocycles. The zero-order chi connectivity index (χ0) is 11.5.